The van der Waals surface area contributed by atoms with Crippen LogP contribution in [0.1, 0.15) is 98.0 Å². The van der Waals surface area contributed by atoms with Crippen molar-refractivity contribution in [1.29, 1.82) is 0 Å². The van der Waals surface area contributed by atoms with Crippen LogP contribution in [0.3, 0.4) is 0 Å². The number of ketones is 3. The molecule has 3 aromatic carbocycles. The number of unbranched alkanes of at least 4 members (excludes halogenated alkanes) is 3. The highest BCUT2D eigenvalue weighted by molar-refractivity contribution is 6.42. The van der Waals surface area contributed by atoms with E-state index in [0.29, 0.717) is 61.8 Å². The number of rotatable bonds is 18. The molecule has 1 fully saturated rings. The molecule has 0 bridgehead atoms. The number of halogens is 5. The van der Waals surface area contributed by atoms with Gasteiger partial charge in [0.15, 0.2) is 22.7 Å². The summed E-state index contributed by atoms with van der Waals surface area (Å²) in [5.41, 5.74) is 16.0. The molecule has 1 aliphatic heterocycles. The summed E-state index contributed by atoms with van der Waals surface area (Å²) < 4.78 is 0. The zero-order valence-corrected chi connectivity index (χ0v) is 41.2. The number of carboxylic acid groups (broad SMARTS) is 1. The lowest BCUT2D eigenvalue weighted by Gasteiger charge is -2.32. The van der Waals surface area contributed by atoms with Gasteiger partial charge in [-0.25, -0.2) is 9.97 Å². The number of H-pyrrole nitrogens is 1. The van der Waals surface area contributed by atoms with Crippen LogP contribution in [0.4, 0.5) is 5.95 Å². The van der Waals surface area contributed by atoms with Crippen LogP contribution in [0.25, 0.3) is 23.3 Å². The van der Waals surface area contributed by atoms with E-state index in [-0.39, 0.29) is 85.1 Å². The fourth-order valence-corrected chi connectivity index (χ4v) is 7.82. The minimum Gasteiger partial charge on any atom is -0.481 e. The number of carbonyl (C=O) groups excluding carboxylic acids is 4. The van der Waals surface area contributed by atoms with Gasteiger partial charge >= 0.3 is 5.97 Å². The second-order valence-electron chi connectivity index (χ2n) is 16.3. The summed E-state index contributed by atoms with van der Waals surface area (Å²) in [7, 11) is 0. The molecule has 3 heterocycles. The van der Waals surface area contributed by atoms with Gasteiger partial charge in [0.1, 0.15) is 5.78 Å². The molecule has 2 atom stereocenters. The summed E-state index contributed by atoms with van der Waals surface area (Å²) in [6.45, 7) is 3.87. The summed E-state index contributed by atoms with van der Waals surface area (Å²) in [6.07, 6.45) is 11.1. The highest BCUT2D eigenvalue weighted by atomic mass is 35.5. The number of benzene rings is 3. The topological polar surface area (TPSA) is 232 Å². The second kappa shape index (κ2) is 26.3. The summed E-state index contributed by atoms with van der Waals surface area (Å²) in [5.74, 6) is -2.69. The number of aliphatic carboxylic acids is 1. The van der Waals surface area contributed by atoms with E-state index in [2.05, 4.69) is 26.9 Å². The molecule has 0 aliphatic carbocycles. The molecule has 5 aromatic rings. The average molecular weight is 1030 g/mol. The number of aromatic amines is 1. The van der Waals surface area contributed by atoms with Crippen LogP contribution in [-0.2, 0) is 32.0 Å². The summed E-state index contributed by atoms with van der Waals surface area (Å²) >= 11 is 24.4. The first kappa shape index (κ1) is 55.1. The zero-order valence-electron chi connectivity index (χ0n) is 37.4. The minimum absolute atomic E-state index is 0. The van der Waals surface area contributed by atoms with E-state index in [0.717, 1.165) is 42.4 Å². The fraction of sp³-hybridized carbons (Fsp3) is 0.327. The minimum atomic E-state index is -1.08. The van der Waals surface area contributed by atoms with Gasteiger partial charge < -0.3 is 26.3 Å². The van der Waals surface area contributed by atoms with E-state index >= 15 is 0 Å². The number of hydrogen-bond acceptors (Lipinski definition) is 11. The molecule has 6 N–H and O–H groups in total. The Bertz CT molecular complexity index is 2690. The van der Waals surface area contributed by atoms with Gasteiger partial charge in [-0.2, -0.15) is 4.98 Å². The molecule has 1 saturated heterocycles. The number of carboxylic acids is 1. The van der Waals surface area contributed by atoms with Gasteiger partial charge in [-0.15, -0.1) is 12.4 Å². The molecule has 0 saturated carbocycles. The third-order valence-electron chi connectivity index (χ3n) is 10.9. The van der Waals surface area contributed by atoms with Crippen molar-refractivity contribution in [3.63, 3.8) is 0 Å². The summed E-state index contributed by atoms with van der Waals surface area (Å²) in [5, 5.41) is 10.9. The number of nitrogens with two attached hydrogens (primary N) is 2. The number of hydrogen-bond donors (Lipinski definition) is 4. The average Bonchev–Trinajstić information content (AvgIpc) is 3.29. The molecule has 0 radical (unpaired) electrons. The molecule has 0 spiro atoms. The Labute approximate surface area is 419 Å². The SMILES string of the molecule is CC(=O)CC[C@@H](CC(=O)c1ccc(CCc2cnc3c(=O)[nH]c(N)nc3n2)cc1)C(=O)O.CCCCCC[C@@H](N)C(=O)N1C/C(=C\c2ccc(Cl)c(Cl)c2)C(=O)/C(=C/c2ccc(Cl)c(Cl)c2)C1.Cl. The van der Waals surface area contributed by atoms with E-state index in [1.165, 1.54) is 13.1 Å². The smallest absolute Gasteiger partial charge is 0.306 e. The Hall–Kier alpha value is -5.48. The Morgan fingerprint density at radius 3 is 1.97 bits per heavy atom. The monoisotopic (exact) mass is 1030 g/mol. The highest BCUT2D eigenvalue weighted by Gasteiger charge is 2.31. The molecule has 2 aromatic heterocycles. The third-order valence-corrected chi connectivity index (χ3v) is 12.4. The predicted molar refractivity (Wildman–Crippen MR) is 271 cm³/mol. The summed E-state index contributed by atoms with van der Waals surface area (Å²) in [6, 6.07) is 16.6. The van der Waals surface area contributed by atoms with Crippen LogP contribution in [0.15, 0.2) is 82.8 Å². The first-order chi connectivity index (χ1) is 31.9. The molecule has 1 aliphatic rings. The number of anilines is 1. The van der Waals surface area contributed by atoms with Crippen molar-refractivity contribution in [2.24, 2.45) is 11.7 Å². The number of nitrogen functional groups attached to an aromatic ring is 1. The first-order valence-corrected chi connectivity index (χ1v) is 23.2. The predicted octanol–water partition coefficient (Wildman–Crippen LogP) is 9.62. The van der Waals surface area contributed by atoms with Gasteiger partial charge in [0.2, 0.25) is 11.9 Å². The van der Waals surface area contributed by atoms with Crippen LogP contribution < -0.4 is 17.0 Å². The largest absolute Gasteiger partial charge is 0.481 e. The van der Waals surface area contributed by atoms with E-state index in [9.17, 15) is 33.9 Å². The fourth-order valence-electron chi connectivity index (χ4n) is 7.20. The Kier molecular flexibility index (Phi) is 21.3. The van der Waals surface area contributed by atoms with Gasteiger partial charge in [-0.3, -0.25) is 29.0 Å². The number of amides is 1. The molecular weight excluding hydrogens is 976 g/mol. The second-order valence-corrected chi connectivity index (χ2v) is 17.9. The number of nitrogens with zero attached hydrogens (tertiary/aromatic N) is 4. The van der Waals surface area contributed by atoms with Crippen LogP contribution >= 0.6 is 58.8 Å². The Morgan fingerprint density at radius 1 is 0.824 bits per heavy atom. The van der Waals surface area contributed by atoms with Crippen LogP contribution in [0.2, 0.25) is 20.1 Å². The maximum absolute atomic E-state index is 13.4. The number of aromatic nitrogens is 4. The lowest BCUT2D eigenvalue weighted by Crippen LogP contribution is -2.48. The molecule has 14 nitrogen and oxygen atoms in total. The van der Waals surface area contributed by atoms with Crippen molar-refractivity contribution in [2.45, 2.75) is 84.1 Å². The number of fused-ring (bicyclic) bond motifs is 1. The van der Waals surface area contributed by atoms with Crippen molar-refractivity contribution >= 4 is 117 Å². The lowest BCUT2D eigenvalue weighted by molar-refractivity contribution is -0.142. The molecular formula is C49H52Cl5N7O7. The molecule has 19 heteroatoms. The van der Waals surface area contributed by atoms with Crippen LogP contribution in [0.5, 0.6) is 0 Å². The number of piperidine rings is 1. The van der Waals surface area contributed by atoms with E-state index < -0.39 is 23.5 Å². The van der Waals surface area contributed by atoms with Gasteiger partial charge in [-0.05, 0) is 85.7 Å². The normalized spacial score (nSPS) is 14.5. The number of carbonyl (C=O) groups is 5. The van der Waals surface area contributed by atoms with Gasteiger partial charge in [0.05, 0.1) is 37.7 Å². The molecule has 0 unspecified atom stereocenters. The Morgan fingerprint density at radius 2 is 1.43 bits per heavy atom. The molecule has 68 heavy (non-hydrogen) atoms. The van der Waals surface area contributed by atoms with Crippen molar-refractivity contribution in [3.05, 3.63) is 136 Å². The highest BCUT2D eigenvalue weighted by Crippen LogP contribution is 2.29. The quantitative estimate of drug-likeness (QED) is 0.0365. The number of likely N-dealkylation sites (tertiary alicyclic amines) is 1. The Balaban J connectivity index is 0.000000293. The molecule has 1 amide bonds. The standard InChI is InChI=1S/C27H28Cl4N2O2.C22H23N5O5.ClH/c1-2-3-4-5-6-25(32)27(35)33-15-19(11-17-7-9-21(28)23(30)13-17)26(34)20(16-33)12-18-8-10-22(29)24(31)14-18;1-12(28)2-6-15(21(31)32)10-17(29)14-7-3-13(4-8-14)5-9-16-11-24-18-19(25-16)26-22(23)27-20(18)30;/h7-14,25H,2-6,15-16,32H2,1H3;3-4,7-8,11,15H,2,5-6,9-10H2,1H3,(H,31,32)(H3,23,25,26,27,30);1H/b19-11+,20-12+;;/t25-;15-;/m10./s1. The van der Waals surface area contributed by atoms with Crippen molar-refractivity contribution < 1.29 is 29.1 Å². The number of nitrogens with one attached hydrogen (secondary N) is 1. The van der Waals surface area contributed by atoms with E-state index in [1.807, 2.05) is 0 Å². The van der Waals surface area contributed by atoms with Crippen molar-refractivity contribution in [3.8, 4) is 0 Å². The first-order valence-electron chi connectivity index (χ1n) is 21.7. The van der Waals surface area contributed by atoms with Gasteiger partial charge in [0.25, 0.3) is 5.56 Å². The van der Waals surface area contributed by atoms with Crippen LogP contribution in [0, 0.1) is 5.92 Å². The number of aryl methyl sites for hydroxylation is 2. The molecule has 6 rings (SSSR count). The van der Waals surface area contributed by atoms with E-state index in [1.54, 1.807) is 77.7 Å². The maximum Gasteiger partial charge on any atom is 0.306 e. The lowest BCUT2D eigenvalue weighted by atomic mass is 9.93. The van der Waals surface area contributed by atoms with Crippen molar-refractivity contribution in [2.75, 3.05) is 18.8 Å². The maximum atomic E-state index is 13.4. The van der Waals surface area contributed by atoms with Crippen molar-refractivity contribution in [1.82, 2.24) is 24.8 Å². The van der Waals surface area contributed by atoms with Gasteiger partial charge in [-0.1, -0.05) is 115 Å². The van der Waals surface area contributed by atoms with Crippen LogP contribution in [-0.4, -0.2) is 78.3 Å². The molecule has 360 valence electrons. The zero-order chi connectivity index (χ0) is 48.8. The summed E-state index contributed by atoms with van der Waals surface area (Å²) in [4.78, 5) is 89.8. The number of Topliss-reactive ketones (excluding diaryl/α,β-unsaturated/α-hetero) is 3. The third kappa shape index (κ3) is 16.1. The van der Waals surface area contributed by atoms with E-state index in [4.69, 9.17) is 57.9 Å². The van der Waals surface area contributed by atoms with Gasteiger partial charge in [0, 0.05) is 48.8 Å².